The van der Waals surface area contributed by atoms with E-state index in [0.29, 0.717) is 26.1 Å². The maximum atomic E-state index is 11.4. The molecule has 0 aliphatic carbocycles. The van der Waals surface area contributed by atoms with Crippen molar-refractivity contribution in [3.05, 3.63) is 0 Å². The van der Waals surface area contributed by atoms with Crippen molar-refractivity contribution in [3.8, 4) is 0 Å². The van der Waals surface area contributed by atoms with E-state index >= 15 is 0 Å². The first-order chi connectivity index (χ1) is 6.29. The second-order valence-corrected chi connectivity index (χ2v) is 3.33. The number of amides is 3. The Kier molecular flexibility index (Phi) is 2.08. The highest BCUT2D eigenvalue weighted by Gasteiger charge is 2.30. The van der Waals surface area contributed by atoms with Crippen molar-refractivity contribution in [2.75, 3.05) is 19.6 Å². The molecule has 2 rings (SSSR count). The maximum Gasteiger partial charge on any atom is 0.336 e. The molecule has 0 aromatic carbocycles. The van der Waals surface area contributed by atoms with Crippen molar-refractivity contribution in [2.24, 2.45) is 0 Å². The van der Waals surface area contributed by atoms with Crippen molar-refractivity contribution in [1.29, 1.82) is 0 Å². The molecule has 0 aromatic heterocycles. The highest BCUT2D eigenvalue weighted by molar-refractivity contribution is 5.82. The van der Waals surface area contributed by atoms with Gasteiger partial charge in [-0.05, 0) is 12.8 Å². The number of piperidine rings is 1. The zero-order valence-electron chi connectivity index (χ0n) is 7.45. The Hall–Kier alpha value is -1.26. The van der Waals surface area contributed by atoms with E-state index in [9.17, 15) is 9.59 Å². The Morgan fingerprint density at radius 2 is 1.92 bits per heavy atom. The normalized spacial score (nSPS) is 23.7. The van der Waals surface area contributed by atoms with Crippen LogP contribution in [-0.4, -0.2) is 41.6 Å². The van der Waals surface area contributed by atoms with Crippen LogP contribution in [0.4, 0.5) is 4.79 Å². The van der Waals surface area contributed by atoms with Gasteiger partial charge in [0.05, 0.1) is 6.54 Å². The van der Waals surface area contributed by atoms with Gasteiger partial charge in [-0.25, -0.2) is 9.80 Å². The van der Waals surface area contributed by atoms with Crippen LogP contribution in [0.15, 0.2) is 0 Å². The third-order valence-electron chi connectivity index (χ3n) is 2.42. The summed E-state index contributed by atoms with van der Waals surface area (Å²) in [6.45, 7) is 1.94. The van der Waals surface area contributed by atoms with Gasteiger partial charge in [0.15, 0.2) is 0 Å². The molecule has 0 radical (unpaired) electrons. The molecule has 0 atom stereocenters. The van der Waals surface area contributed by atoms with E-state index in [4.69, 9.17) is 0 Å². The number of carbonyl (C=O) groups is 2. The summed E-state index contributed by atoms with van der Waals surface area (Å²) in [5.74, 6) is 0.0725. The molecule has 1 N–H and O–H groups in total. The summed E-state index contributed by atoms with van der Waals surface area (Å²) in [5, 5.41) is 5.77. The van der Waals surface area contributed by atoms with Crippen molar-refractivity contribution in [2.45, 2.75) is 19.3 Å². The van der Waals surface area contributed by atoms with Gasteiger partial charge in [-0.3, -0.25) is 9.80 Å². The minimum atomic E-state index is -0.143. The summed E-state index contributed by atoms with van der Waals surface area (Å²) < 4.78 is 0. The topological polar surface area (TPSA) is 52.7 Å². The fourth-order valence-electron chi connectivity index (χ4n) is 1.74. The summed E-state index contributed by atoms with van der Waals surface area (Å²) in [6.07, 6.45) is 2.52. The molecule has 2 aliphatic rings. The van der Waals surface area contributed by atoms with E-state index in [1.54, 1.807) is 5.01 Å². The fraction of sp³-hybridized carbons (Fsp3) is 0.750. The summed E-state index contributed by atoms with van der Waals surface area (Å²) >= 11 is 0. The van der Waals surface area contributed by atoms with Gasteiger partial charge in [0.2, 0.25) is 5.91 Å². The molecule has 5 heteroatoms. The standard InChI is InChI=1S/C8H13N3O2/c12-7-3-1-2-5-10(7)11-6-4-9-8(11)13/h1-6H2,(H,9,13). The Morgan fingerprint density at radius 1 is 1.08 bits per heavy atom. The number of nitrogens with zero attached hydrogens (tertiary/aromatic N) is 2. The smallest absolute Gasteiger partial charge is 0.335 e. The molecule has 0 aromatic rings. The molecule has 0 saturated carbocycles. The van der Waals surface area contributed by atoms with E-state index in [-0.39, 0.29) is 11.9 Å². The number of urea groups is 1. The first-order valence-corrected chi connectivity index (χ1v) is 4.65. The zero-order valence-corrected chi connectivity index (χ0v) is 7.45. The predicted molar refractivity (Wildman–Crippen MR) is 45.7 cm³/mol. The maximum absolute atomic E-state index is 11.4. The Bertz CT molecular complexity index is 242. The average Bonchev–Trinajstić information content (AvgIpc) is 2.52. The van der Waals surface area contributed by atoms with Crippen LogP contribution in [0.5, 0.6) is 0 Å². The van der Waals surface area contributed by atoms with E-state index in [1.807, 2.05) is 0 Å². The van der Waals surface area contributed by atoms with Gasteiger partial charge in [-0.2, -0.15) is 0 Å². The van der Waals surface area contributed by atoms with Crippen molar-refractivity contribution >= 4 is 11.9 Å². The Balaban J connectivity index is 2.05. The molecule has 72 valence electrons. The number of hydrazine groups is 1. The summed E-state index contributed by atoms with van der Waals surface area (Å²) in [4.78, 5) is 22.7. The van der Waals surface area contributed by atoms with Crippen LogP contribution in [-0.2, 0) is 4.79 Å². The molecule has 2 fully saturated rings. The monoisotopic (exact) mass is 183 g/mol. The van der Waals surface area contributed by atoms with Crippen molar-refractivity contribution in [3.63, 3.8) is 0 Å². The van der Waals surface area contributed by atoms with Gasteiger partial charge in [0, 0.05) is 19.5 Å². The second kappa shape index (κ2) is 3.24. The minimum absolute atomic E-state index is 0.0725. The minimum Gasteiger partial charge on any atom is -0.335 e. The first kappa shape index (κ1) is 8.34. The fourth-order valence-corrected chi connectivity index (χ4v) is 1.74. The van der Waals surface area contributed by atoms with Crippen LogP contribution < -0.4 is 5.32 Å². The van der Waals surface area contributed by atoms with Gasteiger partial charge < -0.3 is 5.32 Å². The number of carbonyl (C=O) groups excluding carboxylic acids is 2. The van der Waals surface area contributed by atoms with Crippen LogP contribution in [0.25, 0.3) is 0 Å². The largest absolute Gasteiger partial charge is 0.336 e. The molecule has 2 heterocycles. The highest BCUT2D eigenvalue weighted by atomic mass is 16.2. The predicted octanol–water partition coefficient (Wildman–Crippen LogP) is -0.0609. The molecule has 0 spiro atoms. The Morgan fingerprint density at radius 3 is 2.54 bits per heavy atom. The molecular weight excluding hydrogens is 170 g/mol. The SMILES string of the molecule is O=C1CCCCN1N1CCNC1=O. The lowest BCUT2D eigenvalue weighted by molar-refractivity contribution is -0.146. The van der Waals surface area contributed by atoms with E-state index in [1.165, 1.54) is 5.01 Å². The number of hydrogen-bond donors (Lipinski definition) is 1. The molecule has 2 aliphatic heterocycles. The third-order valence-corrected chi connectivity index (χ3v) is 2.42. The molecule has 3 amide bonds. The van der Waals surface area contributed by atoms with Gasteiger partial charge in [0.1, 0.15) is 0 Å². The van der Waals surface area contributed by atoms with Crippen molar-refractivity contribution in [1.82, 2.24) is 15.3 Å². The number of hydrogen-bond acceptors (Lipinski definition) is 2. The number of nitrogens with one attached hydrogen (secondary N) is 1. The van der Waals surface area contributed by atoms with E-state index < -0.39 is 0 Å². The first-order valence-electron chi connectivity index (χ1n) is 4.65. The van der Waals surface area contributed by atoms with E-state index in [0.717, 1.165) is 12.8 Å². The van der Waals surface area contributed by atoms with Gasteiger partial charge in [0.25, 0.3) is 0 Å². The lowest BCUT2D eigenvalue weighted by Gasteiger charge is -2.33. The van der Waals surface area contributed by atoms with Crippen molar-refractivity contribution < 1.29 is 9.59 Å². The van der Waals surface area contributed by atoms with Gasteiger partial charge in [-0.15, -0.1) is 0 Å². The summed E-state index contributed by atoms with van der Waals surface area (Å²) in [6, 6.07) is -0.143. The second-order valence-electron chi connectivity index (χ2n) is 3.33. The summed E-state index contributed by atoms with van der Waals surface area (Å²) in [7, 11) is 0. The van der Waals surface area contributed by atoms with Crippen LogP contribution in [0.3, 0.4) is 0 Å². The Labute approximate surface area is 76.6 Å². The lowest BCUT2D eigenvalue weighted by Crippen LogP contribution is -2.50. The van der Waals surface area contributed by atoms with Gasteiger partial charge in [-0.1, -0.05) is 0 Å². The lowest BCUT2D eigenvalue weighted by atomic mass is 10.1. The molecule has 0 bridgehead atoms. The van der Waals surface area contributed by atoms with Crippen LogP contribution in [0.1, 0.15) is 19.3 Å². The molecule has 5 nitrogen and oxygen atoms in total. The average molecular weight is 183 g/mol. The number of rotatable bonds is 1. The quantitative estimate of drug-likeness (QED) is 0.619. The molecular formula is C8H13N3O2. The van der Waals surface area contributed by atoms with Crippen LogP contribution >= 0.6 is 0 Å². The molecule has 0 unspecified atom stereocenters. The summed E-state index contributed by atoms with van der Waals surface area (Å²) in [5.41, 5.74) is 0. The van der Waals surface area contributed by atoms with Crippen LogP contribution in [0, 0.1) is 0 Å². The molecule has 13 heavy (non-hydrogen) atoms. The zero-order chi connectivity index (χ0) is 9.26. The third kappa shape index (κ3) is 1.46. The molecule has 2 saturated heterocycles. The van der Waals surface area contributed by atoms with Gasteiger partial charge >= 0.3 is 6.03 Å². The highest BCUT2D eigenvalue weighted by Crippen LogP contribution is 2.14. The van der Waals surface area contributed by atoms with E-state index in [2.05, 4.69) is 5.32 Å². The van der Waals surface area contributed by atoms with Crippen LogP contribution in [0.2, 0.25) is 0 Å².